The van der Waals surface area contributed by atoms with Crippen molar-refractivity contribution in [3.63, 3.8) is 0 Å². The molecule has 0 spiro atoms. The van der Waals surface area contributed by atoms with E-state index in [1.165, 1.54) is 30.1 Å². The number of methoxy groups -OCH3 is 1. The first kappa shape index (κ1) is 26.6. The predicted molar refractivity (Wildman–Crippen MR) is 125 cm³/mol. The molecule has 0 aliphatic carbocycles. The normalized spacial score (nSPS) is 24.9. The molecule has 4 rings (SSSR count). The monoisotopic (exact) mass is 526 g/mol. The molecule has 1 saturated heterocycles. The van der Waals surface area contributed by atoms with E-state index in [1.54, 1.807) is 4.68 Å². The van der Waals surface area contributed by atoms with Crippen molar-refractivity contribution >= 4 is 11.6 Å². The van der Waals surface area contributed by atoms with E-state index in [4.69, 9.17) is 21.1 Å². The Hall–Kier alpha value is -2.51. The number of rotatable bonds is 8. The van der Waals surface area contributed by atoms with Gasteiger partial charge in [0, 0.05) is 25.3 Å². The Morgan fingerprint density at radius 3 is 2.56 bits per heavy atom. The predicted octanol–water partition coefficient (Wildman–Crippen LogP) is 2.53. The van der Waals surface area contributed by atoms with Crippen LogP contribution in [0.25, 0.3) is 11.3 Å². The maximum Gasteiger partial charge on any atom is 0.178 e. The van der Waals surface area contributed by atoms with Crippen LogP contribution in [0.1, 0.15) is 38.9 Å². The van der Waals surface area contributed by atoms with E-state index >= 15 is 0 Å². The molecule has 2 N–H and O–H groups in total. The number of aliphatic hydroxyl groups is 2. The third-order valence-corrected chi connectivity index (χ3v) is 7.09. The second-order valence-corrected chi connectivity index (χ2v) is 9.82. The van der Waals surface area contributed by atoms with Gasteiger partial charge in [0.05, 0.1) is 35.2 Å². The van der Waals surface area contributed by atoms with Crippen LogP contribution in [0.3, 0.4) is 0 Å². The van der Waals surface area contributed by atoms with E-state index in [0.717, 1.165) is 6.42 Å². The Kier molecular flexibility index (Phi) is 7.72. The molecule has 1 aliphatic heterocycles. The molecule has 0 radical (unpaired) electrons. The van der Waals surface area contributed by atoms with Crippen LogP contribution in [-0.2, 0) is 21.4 Å². The van der Waals surface area contributed by atoms with Gasteiger partial charge in [-0.05, 0) is 32.4 Å². The molecule has 2 aromatic heterocycles. The second-order valence-electron chi connectivity index (χ2n) is 9.41. The summed E-state index contributed by atoms with van der Waals surface area (Å²) in [4.78, 5) is 0. The first-order valence-corrected chi connectivity index (χ1v) is 11.9. The minimum atomic E-state index is -1.23. The zero-order valence-electron chi connectivity index (χ0n) is 20.3. The van der Waals surface area contributed by atoms with Gasteiger partial charge >= 0.3 is 0 Å². The fourth-order valence-electron chi connectivity index (χ4n) is 4.26. The van der Waals surface area contributed by atoms with Crippen molar-refractivity contribution < 1.29 is 28.5 Å². The molecule has 0 unspecified atom stereocenters. The van der Waals surface area contributed by atoms with Gasteiger partial charge in [0.2, 0.25) is 0 Å². The van der Waals surface area contributed by atoms with Crippen molar-refractivity contribution in [1.82, 2.24) is 30.0 Å². The lowest BCUT2D eigenvalue weighted by molar-refractivity contribution is -0.212. The van der Waals surface area contributed by atoms with Gasteiger partial charge in [0.1, 0.15) is 30.0 Å². The highest BCUT2D eigenvalue weighted by Crippen LogP contribution is 2.34. The lowest BCUT2D eigenvalue weighted by atomic mass is 9.90. The fourth-order valence-corrected chi connectivity index (χ4v) is 4.40. The third-order valence-electron chi connectivity index (χ3n) is 6.80. The van der Waals surface area contributed by atoms with Crippen molar-refractivity contribution in [1.29, 1.82) is 0 Å². The second kappa shape index (κ2) is 10.5. The first-order chi connectivity index (χ1) is 17.1. The van der Waals surface area contributed by atoms with Gasteiger partial charge in [-0.3, -0.25) is 0 Å². The summed E-state index contributed by atoms with van der Waals surface area (Å²) >= 11 is 5.65. The van der Waals surface area contributed by atoms with Gasteiger partial charge in [0.25, 0.3) is 0 Å². The summed E-state index contributed by atoms with van der Waals surface area (Å²) < 4.78 is 43.3. The highest BCUT2D eigenvalue weighted by molar-refractivity contribution is 6.30. The molecule has 1 aromatic carbocycles. The quantitative estimate of drug-likeness (QED) is 0.430. The zero-order chi connectivity index (χ0) is 26.2. The van der Waals surface area contributed by atoms with Gasteiger partial charge in [0.15, 0.2) is 11.6 Å². The molecule has 0 amide bonds. The lowest BCUT2D eigenvalue weighted by Gasteiger charge is -2.43. The Bertz CT molecular complexity index is 1210. The highest BCUT2D eigenvalue weighted by Gasteiger charge is 2.47. The van der Waals surface area contributed by atoms with Gasteiger partial charge < -0.3 is 19.7 Å². The van der Waals surface area contributed by atoms with E-state index in [1.807, 2.05) is 20.0 Å². The molecule has 36 heavy (non-hydrogen) atoms. The zero-order valence-corrected chi connectivity index (χ0v) is 21.1. The number of aliphatic hydroxyl groups excluding tert-OH is 2. The summed E-state index contributed by atoms with van der Waals surface area (Å²) in [5, 5.41) is 37.0. The van der Waals surface area contributed by atoms with Crippen molar-refractivity contribution in [2.75, 3.05) is 13.7 Å². The molecule has 0 saturated carbocycles. The minimum absolute atomic E-state index is 0.0402. The molecule has 13 heteroatoms. The SMILES string of the molecule is CCC(C)(C)n1cc(C[C@H]2O[C@H](CO)[C@H](O)[C@H](n3cc(-c4ccc(Cl)c(F)c4F)nn3)[C@H]2OC)nn1. The van der Waals surface area contributed by atoms with Crippen LogP contribution in [0.2, 0.25) is 5.02 Å². The Morgan fingerprint density at radius 1 is 1.14 bits per heavy atom. The van der Waals surface area contributed by atoms with E-state index in [2.05, 4.69) is 27.5 Å². The largest absolute Gasteiger partial charge is 0.394 e. The van der Waals surface area contributed by atoms with Crippen LogP contribution in [-0.4, -0.2) is 78.3 Å². The Morgan fingerprint density at radius 2 is 1.89 bits per heavy atom. The van der Waals surface area contributed by atoms with Crippen LogP contribution in [0.4, 0.5) is 8.78 Å². The minimum Gasteiger partial charge on any atom is -0.394 e. The molecule has 10 nitrogen and oxygen atoms in total. The summed E-state index contributed by atoms with van der Waals surface area (Å²) in [7, 11) is 1.46. The number of ether oxygens (including phenoxy) is 2. The third kappa shape index (κ3) is 4.88. The van der Waals surface area contributed by atoms with Gasteiger partial charge in [-0.1, -0.05) is 29.0 Å². The maximum atomic E-state index is 14.5. The molecule has 1 fully saturated rings. The van der Waals surface area contributed by atoms with Crippen molar-refractivity contribution in [2.45, 2.75) is 69.6 Å². The van der Waals surface area contributed by atoms with Crippen molar-refractivity contribution in [3.05, 3.63) is 46.9 Å². The number of nitrogens with zero attached hydrogens (tertiary/aromatic N) is 6. The van der Waals surface area contributed by atoms with Crippen LogP contribution >= 0.6 is 11.6 Å². The van der Waals surface area contributed by atoms with Crippen molar-refractivity contribution in [3.8, 4) is 11.3 Å². The van der Waals surface area contributed by atoms with E-state index < -0.39 is 48.7 Å². The molecule has 5 atom stereocenters. The summed E-state index contributed by atoms with van der Waals surface area (Å²) in [6.45, 7) is 5.69. The summed E-state index contributed by atoms with van der Waals surface area (Å²) in [5.74, 6) is -2.35. The average molecular weight is 527 g/mol. The summed E-state index contributed by atoms with van der Waals surface area (Å²) in [6, 6.07) is 1.67. The van der Waals surface area contributed by atoms with Crippen LogP contribution in [0, 0.1) is 11.6 Å². The van der Waals surface area contributed by atoms with Gasteiger partial charge in [-0.25, -0.2) is 18.1 Å². The number of halogens is 3. The molecule has 1 aliphatic rings. The topological polar surface area (TPSA) is 120 Å². The smallest absolute Gasteiger partial charge is 0.178 e. The number of benzene rings is 1. The summed E-state index contributed by atoms with van der Waals surface area (Å²) in [6.07, 6.45) is 0.793. The van der Waals surface area contributed by atoms with Crippen LogP contribution < -0.4 is 0 Å². The van der Waals surface area contributed by atoms with E-state index in [-0.39, 0.29) is 28.2 Å². The van der Waals surface area contributed by atoms with Crippen LogP contribution in [0.5, 0.6) is 0 Å². The van der Waals surface area contributed by atoms with Crippen molar-refractivity contribution in [2.24, 2.45) is 0 Å². The Balaban J connectivity index is 1.65. The molecule has 0 bridgehead atoms. The fraction of sp³-hybridized carbons (Fsp3) is 0.565. The molecular formula is C23H29ClF2N6O4. The standard InChI is InChI=1S/C23H29ClF2N6O4/c1-5-23(2,3)32-9-12(27-30-32)8-16-22(35-4)20(21(34)17(11-33)36-16)31-10-15(28-29-31)13-6-7-14(24)19(26)18(13)25/h6-7,9-10,16-17,20-22,33-34H,5,8,11H2,1-4H3/t16-,17-,20+,21+,22+/m1/s1. The lowest BCUT2D eigenvalue weighted by Crippen LogP contribution is -2.57. The van der Waals surface area contributed by atoms with E-state index in [0.29, 0.717) is 5.69 Å². The average Bonchev–Trinajstić information content (AvgIpc) is 3.53. The molecule has 3 heterocycles. The maximum absolute atomic E-state index is 14.5. The highest BCUT2D eigenvalue weighted by atomic mass is 35.5. The molecular weight excluding hydrogens is 498 g/mol. The first-order valence-electron chi connectivity index (χ1n) is 11.6. The van der Waals surface area contributed by atoms with E-state index in [9.17, 15) is 19.0 Å². The number of aromatic nitrogens is 6. The molecule has 3 aromatic rings. The van der Waals surface area contributed by atoms with Gasteiger partial charge in [-0.15, -0.1) is 10.2 Å². The van der Waals surface area contributed by atoms with Gasteiger partial charge in [-0.2, -0.15) is 0 Å². The Labute approximate surface area is 211 Å². The summed E-state index contributed by atoms with van der Waals surface area (Å²) in [5.41, 5.74) is 0.329. The number of hydrogen-bond acceptors (Lipinski definition) is 8. The van der Waals surface area contributed by atoms with Crippen LogP contribution in [0.15, 0.2) is 24.5 Å². The molecule has 196 valence electrons. The number of hydrogen-bond donors (Lipinski definition) is 2.